The molecule has 2 rings (SSSR count). The molecule has 1 aromatic rings. The lowest BCUT2D eigenvalue weighted by molar-refractivity contribution is 0.579. The van der Waals surface area contributed by atoms with Crippen LogP contribution in [0, 0.1) is 0 Å². The summed E-state index contributed by atoms with van der Waals surface area (Å²) in [5.74, 6) is 0. The van der Waals surface area contributed by atoms with E-state index in [1.165, 1.54) is 6.26 Å². The highest BCUT2D eigenvalue weighted by Gasteiger charge is 2.34. The van der Waals surface area contributed by atoms with Crippen LogP contribution < -0.4 is 5.32 Å². The molecule has 0 bridgehead atoms. The van der Waals surface area contributed by atoms with E-state index in [0.717, 1.165) is 24.9 Å². The van der Waals surface area contributed by atoms with Crippen LogP contribution in [0.15, 0.2) is 24.3 Å². The molecular weight excluding hydrogens is 258 g/mol. The Kier molecular flexibility index (Phi) is 3.64. The number of hydrogen-bond acceptors (Lipinski definition) is 3. The predicted molar refractivity (Wildman–Crippen MR) is 71.3 cm³/mol. The van der Waals surface area contributed by atoms with Crippen LogP contribution in [0.5, 0.6) is 0 Å². The van der Waals surface area contributed by atoms with Crippen LogP contribution >= 0.6 is 11.6 Å². The number of benzene rings is 1. The van der Waals surface area contributed by atoms with Crippen molar-refractivity contribution in [3.63, 3.8) is 0 Å². The first-order valence-corrected chi connectivity index (χ1v) is 8.01. The fourth-order valence-corrected chi connectivity index (χ4v) is 3.89. The minimum absolute atomic E-state index is 0.0196. The summed E-state index contributed by atoms with van der Waals surface area (Å²) in [5, 5.41) is 3.70. The zero-order valence-electron chi connectivity index (χ0n) is 9.69. The van der Waals surface area contributed by atoms with Gasteiger partial charge in [-0.1, -0.05) is 11.6 Å². The van der Waals surface area contributed by atoms with Crippen molar-refractivity contribution >= 4 is 27.1 Å². The second-order valence-electron chi connectivity index (χ2n) is 4.56. The van der Waals surface area contributed by atoms with Crippen molar-refractivity contribution in [2.24, 2.45) is 0 Å². The highest BCUT2D eigenvalue weighted by molar-refractivity contribution is 7.91. The van der Waals surface area contributed by atoms with Crippen LogP contribution in [-0.2, 0) is 9.84 Å². The summed E-state index contributed by atoms with van der Waals surface area (Å²) in [4.78, 5) is 0. The number of sulfone groups is 1. The van der Waals surface area contributed by atoms with Gasteiger partial charge in [0, 0.05) is 23.0 Å². The Labute approximate surface area is 107 Å². The van der Waals surface area contributed by atoms with Crippen LogP contribution in [0.2, 0.25) is 5.02 Å². The van der Waals surface area contributed by atoms with Crippen molar-refractivity contribution in [2.45, 2.75) is 30.6 Å². The van der Waals surface area contributed by atoms with E-state index in [2.05, 4.69) is 5.32 Å². The first kappa shape index (κ1) is 12.7. The van der Waals surface area contributed by atoms with Crippen LogP contribution in [-0.4, -0.2) is 26.0 Å². The number of anilines is 1. The lowest BCUT2D eigenvalue weighted by atomic mass is 10.2. The first-order valence-electron chi connectivity index (χ1n) is 5.68. The van der Waals surface area contributed by atoms with Crippen LogP contribution in [0.1, 0.15) is 19.3 Å². The second-order valence-corrected chi connectivity index (χ2v) is 7.26. The average molecular weight is 274 g/mol. The van der Waals surface area contributed by atoms with Gasteiger partial charge in [-0.2, -0.15) is 0 Å². The lowest BCUT2D eigenvalue weighted by Crippen LogP contribution is -2.34. The van der Waals surface area contributed by atoms with Gasteiger partial charge in [-0.15, -0.1) is 0 Å². The van der Waals surface area contributed by atoms with Gasteiger partial charge in [0.25, 0.3) is 0 Å². The summed E-state index contributed by atoms with van der Waals surface area (Å²) in [6.45, 7) is 0. The molecule has 0 amide bonds. The third-order valence-corrected chi connectivity index (χ3v) is 5.11. The molecule has 0 aliphatic heterocycles. The van der Waals surface area contributed by atoms with Gasteiger partial charge in [-0.3, -0.25) is 0 Å². The van der Waals surface area contributed by atoms with Gasteiger partial charge in [0.2, 0.25) is 0 Å². The average Bonchev–Trinajstić information content (AvgIpc) is 2.69. The smallest absolute Gasteiger partial charge is 0.152 e. The molecule has 3 nitrogen and oxygen atoms in total. The molecule has 0 heterocycles. The number of halogens is 1. The molecular formula is C12H16ClNO2S. The van der Waals surface area contributed by atoms with Crippen molar-refractivity contribution in [2.75, 3.05) is 11.6 Å². The molecule has 94 valence electrons. The van der Waals surface area contributed by atoms with E-state index in [0.29, 0.717) is 5.02 Å². The van der Waals surface area contributed by atoms with Gasteiger partial charge in [0.15, 0.2) is 9.84 Å². The van der Waals surface area contributed by atoms with E-state index >= 15 is 0 Å². The molecule has 5 heteroatoms. The zero-order valence-corrected chi connectivity index (χ0v) is 11.3. The molecule has 0 radical (unpaired) electrons. The summed E-state index contributed by atoms with van der Waals surface area (Å²) >= 11 is 5.81. The maximum absolute atomic E-state index is 11.6. The Hall–Kier alpha value is -0.740. The Morgan fingerprint density at radius 1 is 1.24 bits per heavy atom. The standard InChI is InChI=1S/C12H16ClNO2S/c1-17(15,16)12-4-2-3-11(12)14-10-7-5-9(13)6-8-10/h5-8,11-12,14H,2-4H2,1H3. The molecule has 17 heavy (non-hydrogen) atoms. The summed E-state index contributed by atoms with van der Waals surface area (Å²) < 4.78 is 23.3. The quantitative estimate of drug-likeness (QED) is 0.921. The van der Waals surface area contributed by atoms with Crippen LogP contribution in [0.25, 0.3) is 0 Å². The zero-order chi connectivity index (χ0) is 12.5. The van der Waals surface area contributed by atoms with E-state index in [9.17, 15) is 8.42 Å². The molecule has 0 spiro atoms. The molecule has 2 atom stereocenters. The van der Waals surface area contributed by atoms with Crippen molar-refractivity contribution < 1.29 is 8.42 Å². The first-order chi connectivity index (χ1) is 7.97. The van der Waals surface area contributed by atoms with E-state index in [-0.39, 0.29) is 11.3 Å². The molecule has 1 N–H and O–H groups in total. The second kappa shape index (κ2) is 4.86. The monoisotopic (exact) mass is 273 g/mol. The fourth-order valence-electron chi connectivity index (χ4n) is 2.36. The summed E-state index contributed by atoms with van der Waals surface area (Å²) in [6.07, 6.45) is 3.94. The third-order valence-electron chi connectivity index (χ3n) is 3.20. The topological polar surface area (TPSA) is 46.2 Å². The molecule has 1 fully saturated rings. The van der Waals surface area contributed by atoms with Gasteiger partial charge in [0.1, 0.15) is 0 Å². The van der Waals surface area contributed by atoms with E-state index in [4.69, 9.17) is 11.6 Å². The van der Waals surface area contributed by atoms with E-state index in [1.54, 1.807) is 12.1 Å². The highest BCUT2D eigenvalue weighted by atomic mass is 35.5. The molecule has 0 aromatic heterocycles. The largest absolute Gasteiger partial charge is 0.381 e. The Morgan fingerprint density at radius 2 is 1.88 bits per heavy atom. The fraction of sp³-hybridized carbons (Fsp3) is 0.500. The molecule has 1 saturated carbocycles. The number of nitrogens with one attached hydrogen (secondary N) is 1. The van der Waals surface area contributed by atoms with Crippen molar-refractivity contribution in [1.82, 2.24) is 0 Å². The van der Waals surface area contributed by atoms with Gasteiger partial charge in [-0.05, 0) is 43.5 Å². The number of hydrogen-bond donors (Lipinski definition) is 1. The molecule has 1 aromatic carbocycles. The van der Waals surface area contributed by atoms with E-state index in [1.807, 2.05) is 12.1 Å². The van der Waals surface area contributed by atoms with E-state index < -0.39 is 9.84 Å². The summed E-state index contributed by atoms with van der Waals surface area (Å²) in [6, 6.07) is 7.37. The molecule has 0 saturated heterocycles. The minimum atomic E-state index is -2.97. The molecule has 2 unspecified atom stereocenters. The third kappa shape index (κ3) is 3.13. The Morgan fingerprint density at radius 3 is 2.47 bits per heavy atom. The predicted octanol–water partition coefficient (Wildman–Crippen LogP) is 2.72. The Balaban J connectivity index is 2.11. The van der Waals surface area contributed by atoms with Crippen molar-refractivity contribution in [3.8, 4) is 0 Å². The Bertz CT molecular complexity index is 484. The van der Waals surface area contributed by atoms with Gasteiger partial charge >= 0.3 is 0 Å². The highest BCUT2D eigenvalue weighted by Crippen LogP contribution is 2.28. The summed E-state index contributed by atoms with van der Waals surface area (Å²) in [7, 11) is -2.97. The molecule has 1 aliphatic rings. The minimum Gasteiger partial charge on any atom is -0.381 e. The SMILES string of the molecule is CS(=O)(=O)C1CCCC1Nc1ccc(Cl)cc1. The van der Waals surface area contributed by atoms with Crippen LogP contribution in [0.3, 0.4) is 0 Å². The number of rotatable bonds is 3. The lowest BCUT2D eigenvalue weighted by Gasteiger charge is -2.20. The maximum atomic E-state index is 11.6. The van der Waals surface area contributed by atoms with Gasteiger partial charge in [0.05, 0.1) is 5.25 Å². The molecule has 1 aliphatic carbocycles. The summed E-state index contributed by atoms with van der Waals surface area (Å²) in [5.41, 5.74) is 0.926. The van der Waals surface area contributed by atoms with Crippen molar-refractivity contribution in [3.05, 3.63) is 29.3 Å². The van der Waals surface area contributed by atoms with Crippen LogP contribution in [0.4, 0.5) is 5.69 Å². The van der Waals surface area contributed by atoms with Crippen molar-refractivity contribution in [1.29, 1.82) is 0 Å². The normalized spacial score (nSPS) is 24.8. The van der Waals surface area contributed by atoms with Gasteiger partial charge in [-0.25, -0.2) is 8.42 Å². The van der Waals surface area contributed by atoms with Gasteiger partial charge < -0.3 is 5.32 Å². The maximum Gasteiger partial charge on any atom is 0.152 e.